The van der Waals surface area contributed by atoms with Gasteiger partial charge in [-0.3, -0.25) is 4.79 Å². The highest BCUT2D eigenvalue weighted by Gasteiger charge is 2.13. The van der Waals surface area contributed by atoms with E-state index in [0.717, 1.165) is 30.7 Å². The van der Waals surface area contributed by atoms with E-state index in [2.05, 4.69) is 22.3 Å². The number of nitrogens with zero attached hydrogens (tertiary/aromatic N) is 3. The number of nitrogens with one attached hydrogen (secondary N) is 1. The second-order valence-electron chi connectivity index (χ2n) is 6.30. The Morgan fingerprint density at radius 2 is 1.96 bits per heavy atom. The third kappa shape index (κ3) is 4.94. The summed E-state index contributed by atoms with van der Waals surface area (Å²) >= 11 is 0. The Balaban J connectivity index is 1.67. The van der Waals surface area contributed by atoms with E-state index < -0.39 is 0 Å². The molecule has 6 nitrogen and oxygen atoms in total. The van der Waals surface area contributed by atoms with Gasteiger partial charge in [-0.05, 0) is 49.7 Å². The molecule has 0 unspecified atom stereocenters. The Morgan fingerprint density at radius 1 is 1.15 bits per heavy atom. The number of benzene rings is 1. The topological polar surface area (TPSA) is 69.0 Å². The Bertz CT molecular complexity index is 873. The Labute approximate surface area is 159 Å². The zero-order valence-corrected chi connectivity index (χ0v) is 15.7. The lowest BCUT2D eigenvalue weighted by Gasteiger charge is -2.09. The Morgan fingerprint density at radius 3 is 2.67 bits per heavy atom. The first-order chi connectivity index (χ1) is 13.2. The molecule has 0 fully saturated rings. The molecule has 0 spiro atoms. The lowest BCUT2D eigenvalue weighted by molar-refractivity contribution is 0.102. The number of aromatic nitrogens is 3. The SMILES string of the molecule is CCCCCOc1ccc(C(=O)Nc2cc(C)nn2-c2ccccn2)cc1. The van der Waals surface area contributed by atoms with Crippen LogP contribution in [0.2, 0.25) is 0 Å². The summed E-state index contributed by atoms with van der Waals surface area (Å²) in [5.74, 6) is 1.80. The summed E-state index contributed by atoms with van der Waals surface area (Å²) in [6, 6.07) is 14.5. The predicted molar refractivity (Wildman–Crippen MR) is 106 cm³/mol. The molecule has 6 heteroatoms. The Kier molecular flexibility index (Phi) is 6.20. The van der Waals surface area contributed by atoms with Gasteiger partial charge in [0.25, 0.3) is 5.91 Å². The van der Waals surface area contributed by atoms with Gasteiger partial charge in [0, 0.05) is 17.8 Å². The van der Waals surface area contributed by atoms with Crippen LogP contribution in [0.25, 0.3) is 5.82 Å². The lowest BCUT2D eigenvalue weighted by atomic mass is 10.2. The van der Waals surface area contributed by atoms with E-state index in [1.807, 2.05) is 43.3 Å². The summed E-state index contributed by atoms with van der Waals surface area (Å²) in [6.45, 7) is 4.73. The number of aryl methyl sites for hydroxylation is 1. The molecule has 2 heterocycles. The molecule has 140 valence electrons. The summed E-state index contributed by atoms with van der Waals surface area (Å²) in [7, 11) is 0. The molecule has 0 aliphatic rings. The van der Waals surface area contributed by atoms with E-state index >= 15 is 0 Å². The van der Waals surface area contributed by atoms with Crippen LogP contribution in [0.15, 0.2) is 54.7 Å². The van der Waals surface area contributed by atoms with E-state index in [1.165, 1.54) is 0 Å². The zero-order chi connectivity index (χ0) is 19.1. The second kappa shape index (κ2) is 8.98. The summed E-state index contributed by atoms with van der Waals surface area (Å²) in [4.78, 5) is 16.9. The summed E-state index contributed by atoms with van der Waals surface area (Å²) < 4.78 is 7.31. The summed E-state index contributed by atoms with van der Waals surface area (Å²) in [5, 5.41) is 7.32. The molecule has 0 saturated carbocycles. The van der Waals surface area contributed by atoms with Gasteiger partial charge in [0.2, 0.25) is 0 Å². The van der Waals surface area contributed by atoms with E-state index in [4.69, 9.17) is 4.74 Å². The maximum absolute atomic E-state index is 12.6. The maximum Gasteiger partial charge on any atom is 0.256 e. The van der Waals surface area contributed by atoms with E-state index in [-0.39, 0.29) is 5.91 Å². The number of ether oxygens (including phenoxy) is 1. The van der Waals surface area contributed by atoms with Crippen LogP contribution < -0.4 is 10.1 Å². The van der Waals surface area contributed by atoms with Gasteiger partial charge in [-0.25, -0.2) is 4.98 Å². The number of hydrogen-bond acceptors (Lipinski definition) is 4. The first-order valence-electron chi connectivity index (χ1n) is 9.19. The van der Waals surface area contributed by atoms with Crippen molar-refractivity contribution in [1.29, 1.82) is 0 Å². The molecule has 1 aromatic carbocycles. The van der Waals surface area contributed by atoms with Crippen molar-refractivity contribution < 1.29 is 9.53 Å². The zero-order valence-electron chi connectivity index (χ0n) is 15.7. The number of hydrogen-bond donors (Lipinski definition) is 1. The molecule has 27 heavy (non-hydrogen) atoms. The van der Waals surface area contributed by atoms with Crippen molar-refractivity contribution in [1.82, 2.24) is 14.8 Å². The lowest BCUT2D eigenvalue weighted by Crippen LogP contribution is -2.15. The number of rotatable bonds is 8. The molecule has 1 N–H and O–H groups in total. The van der Waals surface area contributed by atoms with Crippen LogP contribution in [-0.4, -0.2) is 27.3 Å². The monoisotopic (exact) mass is 364 g/mol. The van der Waals surface area contributed by atoms with Gasteiger partial charge in [0.1, 0.15) is 11.6 Å². The molecule has 0 aliphatic heterocycles. The van der Waals surface area contributed by atoms with Gasteiger partial charge in [0.05, 0.1) is 12.3 Å². The minimum Gasteiger partial charge on any atom is -0.494 e. The van der Waals surface area contributed by atoms with Gasteiger partial charge >= 0.3 is 0 Å². The van der Waals surface area contributed by atoms with Gasteiger partial charge < -0.3 is 10.1 Å². The summed E-state index contributed by atoms with van der Waals surface area (Å²) in [5.41, 5.74) is 1.36. The minimum absolute atomic E-state index is 0.204. The quantitative estimate of drug-likeness (QED) is 0.602. The molecule has 1 amide bonds. The van der Waals surface area contributed by atoms with E-state index in [9.17, 15) is 4.79 Å². The van der Waals surface area contributed by atoms with Crippen LogP contribution in [0.1, 0.15) is 42.2 Å². The van der Waals surface area contributed by atoms with Crippen molar-refractivity contribution in [2.45, 2.75) is 33.1 Å². The molecule has 3 rings (SSSR count). The fourth-order valence-electron chi connectivity index (χ4n) is 2.68. The fraction of sp³-hybridized carbons (Fsp3) is 0.286. The number of pyridine rings is 1. The standard InChI is InChI=1S/C21H24N4O2/c1-3-4-7-14-27-18-11-9-17(10-12-18)21(26)23-20-15-16(2)24-25(20)19-8-5-6-13-22-19/h5-6,8-13,15H,3-4,7,14H2,1-2H3,(H,23,26). The largest absolute Gasteiger partial charge is 0.494 e. The second-order valence-corrected chi connectivity index (χ2v) is 6.30. The van der Waals surface area contributed by atoms with Crippen molar-refractivity contribution >= 4 is 11.7 Å². The maximum atomic E-state index is 12.6. The molecule has 0 bridgehead atoms. The van der Waals surface area contributed by atoms with Crippen LogP contribution in [0.4, 0.5) is 5.82 Å². The molecule has 3 aromatic rings. The van der Waals surface area contributed by atoms with Crippen LogP contribution in [0, 0.1) is 6.92 Å². The van der Waals surface area contributed by atoms with E-state index in [0.29, 0.717) is 23.8 Å². The number of carbonyl (C=O) groups is 1. The first-order valence-corrected chi connectivity index (χ1v) is 9.19. The van der Waals surface area contributed by atoms with Gasteiger partial charge in [-0.1, -0.05) is 25.8 Å². The van der Waals surface area contributed by atoms with E-state index in [1.54, 1.807) is 23.0 Å². The van der Waals surface area contributed by atoms with Crippen molar-refractivity contribution in [2.75, 3.05) is 11.9 Å². The third-order valence-corrected chi connectivity index (χ3v) is 4.07. The highest BCUT2D eigenvalue weighted by molar-refractivity contribution is 6.04. The average Bonchev–Trinajstić information content (AvgIpc) is 3.06. The van der Waals surface area contributed by atoms with Crippen LogP contribution >= 0.6 is 0 Å². The van der Waals surface area contributed by atoms with Crippen molar-refractivity contribution in [3.8, 4) is 11.6 Å². The molecule has 2 aromatic heterocycles. The number of carbonyl (C=O) groups excluding carboxylic acids is 1. The fourth-order valence-corrected chi connectivity index (χ4v) is 2.68. The first kappa shape index (κ1) is 18.6. The van der Waals surface area contributed by atoms with Gasteiger partial charge in [-0.15, -0.1) is 0 Å². The van der Waals surface area contributed by atoms with Gasteiger partial charge in [-0.2, -0.15) is 9.78 Å². The smallest absolute Gasteiger partial charge is 0.256 e. The molecule has 0 atom stereocenters. The average molecular weight is 364 g/mol. The molecule has 0 aliphatic carbocycles. The van der Waals surface area contributed by atoms with Crippen LogP contribution in [0.3, 0.4) is 0 Å². The van der Waals surface area contributed by atoms with Crippen molar-refractivity contribution in [3.63, 3.8) is 0 Å². The molecular formula is C21H24N4O2. The number of anilines is 1. The van der Waals surface area contributed by atoms with Crippen LogP contribution in [0.5, 0.6) is 5.75 Å². The number of unbranched alkanes of at least 4 members (excludes halogenated alkanes) is 2. The predicted octanol–water partition coefficient (Wildman–Crippen LogP) is 4.40. The summed E-state index contributed by atoms with van der Waals surface area (Å²) in [6.07, 6.45) is 5.05. The van der Waals surface area contributed by atoms with Crippen LogP contribution in [-0.2, 0) is 0 Å². The normalized spacial score (nSPS) is 10.6. The van der Waals surface area contributed by atoms with Crippen molar-refractivity contribution in [2.24, 2.45) is 0 Å². The highest BCUT2D eigenvalue weighted by atomic mass is 16.5. The minimum atomic E-state index is -0.204. The molecular weight excluding hydrogens is 340 g/mol. The van der Waals surface area contributed by atoms with Gasteiger partial charge in [0.15, 0.2) is 5.82 Å². The Hall–Kier alpha value is -3.15. The molecule has 0 radical (unpaired) electrons. The third-order valence-electron chi connectivity index (χ3n) is 4.07. The molecule has 0 saturated heterocycles. The highest BCUT2D eigenvalue weighted by Crippen LogP contribution is 2.18. The van der Waals surface area contributed by atoms with Crippen molar-refractivity contribution in [3.05, 3.63) is 66.0 Å². The number of amides is 1.